The fourth-order valence-corrected chi connectivity index (χ4v) is 1.92. The highest BCUT2D eigenvalue weighted by Gasteiger charge is 2.05. The molecule has 2 aromatic heterocycles. The second-order valence-corrected chi connectivity index (χ2v) is 4.50. The van der Waals surface area contributed by atoms with Crippen molar-refractivity contribution >= 4 is 16.7 Å². The molecule has 5 nitrogen and oxygen atoms in total. The van der Waals surface area contributed by atoms with E-state index >= 15 is 0 Å². The number of nitrogens with two attached hydrogens (primary N) is 1. The van der Waals surface area contributed by atoms with Crippen LogP contribution in [0.5, 0.6) is 5.75 Å². The van der Waals surface area contributed by atoms with Crippen molar-refractivity contribution in [2.75, 3.05) is 5.73 Å². The molecule has 0 aliphatic carbocycles. The lowest BCUT2D eigenvalue weighted by molar-refractivity contribution is 0.304. The zero-order valence-corrected chi connectivity index (χ0v) is 11.1. The molecule has 0 atom stereocenters. The van der Waals surface area contributed by atoms with E-state index in [1.807, 2.05) is 37.3 Å². The van der Waals surface area contributed by atoms with Crippen LogP contribution in [0.2, 0.25) is 0 Å². The number of hydrogen-bond acceptors (Lipinski definition) is 5. The molecule has 0 radical (unpaired) electrons. The minimum atomic E-state index is 0.335. The Hall–Kier alpha value is -2.69. The van der Waals surface area contributed by atoms with Crippen LogP contribution in [-0.2, 0) is 6.61 Å². The molecule has 0 amide bonds. The van der Waals surface area contributed by atoms with Gasteiger partial charge < -0.3 is 10.5 Å². The van der Waals surface area contributed by atoms with Crippen molar-refractivity contribution in [1.82, 2.24) is 15.0 Å². The molecule has 5 heteroatoms. The Kier molecular flexibility index (Phi) is 3.16. The number of anilines is 1. The number of ether oxygens (including phenoxy) is 1. The number of rotatable bonds is 3. The van der Waals surface area contributed by atoms with E-state index in [1.165, 1.54) is 6.20 Å². The molecule has 0 bridgehead atoms. The van der Waals surface area contributed by atoms with E-state index < -0.39 is 0 Å². The predicted octanol–water partition coefficient (Wildman–Crippen LogP) is 2.49. The molecule has 2 N–H and O–H groups in total. The summed E-state index contributed by atoms with van der Waals surface area (Å²) in [5.41, 5.74) is 8.04. The SMILES string of the molecule is Cc1ccc2cccc(OCc3cnc(N)cn3)c2n1. The Bertz CT molecular complexity index is 740. The van der Waals surface area contributed by atoms with Crippen LogP contribution in [-0.4, -0.2) is 15.0 Å². The van der Waals surface area contributed by atoms with Gasteiger partial charge in [-0.3, -0.25) is 4.98 Å². The first-order chi connectivity index (χ1) is 9.72. The maximum Gasteiger partial charge on any atom is 0.146 e. The summed E-state index contributed by atoms with van der Waals surface area (Å²) in [7, 11) is 0. The monoisotopic (exact) mass is 266 g/mol. The molecular weight excluding hydrogens is 252 g/mol. The summed E-state index contributed by atoms with van der Waals surface area (Å²) in [5.74, 6) is 1.14. The van der Waals surface area contributed by atoms with Crippen LogP contribution < -0.4 is 10.5 Å². The Morgan fingerprint density at radius 2 is 2.00 bits per heavy atom. The van der Waals surface area contributed by atoms with Gasteiger partial charge in [-0.1, -0.05) is 18.2 Å². The molecule has 3 rings (SSSR count). The Morgan fingerprint density at radius 1 is 1.10 bits per heavy atom. The number of benzene rings is 1. The molecule has 2 heterocycles. The highest BCUT2D eigenvalue weighted by atomic mass is 16.5. The smallest absolute Gasteiger partial charge is 0.146 e. The molecule has 20 heavy (non-hydrogen) atoms. The summed E-state index contributed by atoms with van der Waals surface area (Å²) in [5, 5.41) is 1.05. The second kappa shape index (κ2) is 5.13. The van der Waals surface area contributed by atoms with Crippen molar-refractivity contribution in [3.8, 4) is 5.75 Å². The number of hydrogen-bond donors (Lipinski definition) is 1. The van der Waals surface area contributed by atoms with Crippen LogP contribution >= 0.6 is 0 Å². The molecule has 0 saturated heterocycles. The minimum Gasteiger partial charge on any atom is -0.485 e. The third kappa shape index (κ3) is 2.51. The Morgan fingerprint density at radius 3 is 2.80 bits per heavy atom. The highest BCUT2D eigenvalue weighted by Crippen LogP contribution is 2.24. The molecule has 3 aromatic rings. The average Bonchev–Trinajstić information content (AvgIpc) is 2.47. The van der Waals surface area contributed by atoms with Crippen LogP contribution in [0.15, 0.2) is 42.7 Å². The van der Waals surface area contributed by atoms with Gasteiger partial charge in [-0.25, -0.2) is 9.97 Å². The summed E-state index contributed by atoms with van der Waals surface area (Å²) < 4.78 is 5.79. The van der Waals surface area contributed by atoms with E-state index in [0.29, 0.717) is 12.4 Å². The van der Waals surface area contributed by atoms with Gasteiger partial charge in [0.25, 0.3) is 0 Å². The first-order valence-corrected chi connectivity index (χ1v) is 6.28. The third-order valence-electron chi connectivity index (χ3n) is 2.92. The molecule has 0 unspecified atom stereocenters. The molecule has 0 aliphatic rings. The van der Waals surface area contributed by atoms with Gasteiger partial charge in [0.1, 0.15) is 23.7 Å². The summed E-state index contributed by atoms with van der Waals surface area (Å²) in [6, 6.07) is 9.88. The summed E-state index contributed by atoms with van der Waals surface area (Å²) in [6.45, 7) is 2.30. The van der Waals surface area contributed by atoms with Gasteiger partial charge >= 0.3 is 0 Å². The molecule has 0 spiro atoms. The van der Waals surface area contributed by atoms with Gasteiger partial charge in [0.2, 0.25) is 0 Å². The quantitative estimate of drug-likeness (QED) is 0.788. The van der Waals surface area contributed by atoms with Gasteiger partial charge in [0.05, 0.1) is 18.1 Å². The molecule has 1 aromatic carbocycles. The molecular formula is C15H14N4O. The number of aryl methyl sites for hydroxylation is 1. The number of para-hydroxylation sites is 1. The van der Waals surface area contributed by atoms with E-state index in [0.717, 1.165) is 28.0 Å². The first-order valence-electron chi connectivity index (χ1n) is 6.28. The summed E-state index contributed by atoms with van der Waals surface area (Å²) in [4.78, 5) is 12.7. The largest absolute Gasteiger partial charge is 0.485 e. The standard InChI is InChI=1S/C15H14N4O/c1-10-5-6-11-3-2-4-13(15(11)19-10)20-9-12-7-18-14(16)8-17-12/h2-8H,9H2,1H3,(H2,16,18). The number of pyridine rings is 1. The molecule has 0 aliphatic heterocycles. The highest BCUT2D eigenvalue weighted by molar-refractivity contribution is 5.84. The van der Waals surface area contributed by atoms with Crippen LogP contribution in [0.25, 0.3) is 10.9 Å². The number of fused-ring (bicyclic) bond motifs is 1. The van der Waals surface area contributed by atoms with Crippen LogP contribution in [0, 0.1) is 6.92 Å². The lowest BCUT2D eigenvalue weighted by Crippen LogP contribution is -2.01. The third-order valence-corrected chi connectivity index (χ3v) is 2.92. The van der Waals surface area contributed by atoms with E-state index in [4.69, 9.17) is 10.5 Å². The zero-order chi connectivity index (χ0) is 13.9. The van der Waals surface area contributed by atoms with Crippen molar-refractivity contribution in [1.29, 1.82) is 0 Å². The fourth-order valence-electron chi connectivity index (χ4n) is 1.92. The average molecular weight is 266 g/mol. The van der Waals surface area contributed by atoms with Crippen molar-refractivity contribution < 1.29 is 4.74 Å². The Labute approximate surface area is 116 Å². The zero-order valence-electron chi connectivity index (χ0n) is 11.1. The maximum absolute atomic E-state index is 5.79. The number of aromatic nitrogens is 3. The first kappa shape index (κ1) is 12.3. The minimum absolute atomic E-state index is 0.335. The lowest BCUT2D eigenvalue weighted by Gasteiger charge is -2.08. The van der Waals surface area contributed by atoms with Crippen LogP contribution in [0.3, 0.4) is 0 Å². The van der Waals surface area contributed by atoms with Gasteiger partial charge in [-0.05, 0) is 19.1 Å². The molecule has 0 fully saturated rings. The van der Waals surface area contributed by atoms with E-state index in [9.17, 15) is 0 Å². The second-order valence-electron chi connectivity index (χ2n) is 4.50. The summed E-state index contributed by atoms with van der Waals surface area (Å²) >= 11 is 0. The van der Waals surface area contributed by atoms with Crippen molar-refractivity contribution in [3.05, 3.63) is 54.1 Å². The molecule has 100 valence electrons. The van der Waals surface area contributed by atoms with Crippen LogP contribution in [0.1, 0.15) is 11.4 Å². The number of nitrogen functional groups attached to an aromatic ring is 1. The van der Waals surface area contributed by atoms with Crippen LogP contribution in [0.4, 0.5) is 5.82 Å². The topological polar surface area (TPSA) is 73.9 Å². The van der Waals surface area contributed by atoms with Crippen molar-refractivity contribution in [3.63, 3.8) is 0 Å². The number of nitrogens with zero attached hydrogens (tertiary/aromatic N) is 3. The van der Waals surface area contributed by atoms with Gasteiger partial charge in [-0.15, -0.1) is 0 Å². The molecule has 0 saturated carbocycles. The van der Waals surface area contributed by atoms with E-state index in [-0.39, 0.29) is 0 Å². The normalized spacial score (nSPS) is 10.7. The Balaban J connectivity index is 1.87. The van der Waals surface area contributed by atoms with Gasteiger partial charge in [0.15, 0.2) is 0 Å². The lowest BCUT2D eigenvalue weighted by atomic mass is 10.2. The van der Waals surface area contributed by atoms with Gasteiger partial charge in [0, 0.05) is 11.1 Å². The van der Waals surface area contributed by atoms with Crippen molar-refractivity contribution in [2.45, 2.75) is 13.5 Å². The van der Waals surface area contributed by atoms with Crippen molar-refractivity contribution in [2.24, 2.45) is 0 Å². The maximum atomic E-state index is 5.79. The van der Waals surface area contributed by atoms with Gasteiger partial charge in [-0.2, -0.15) is 0 Å². The summed E-state index contributed by atoms with van der Waals surface area (Å²) in [6.07, 6.45) is 3.13. The van der Waals surface area contributed by atoms with E-state index in [1.54, 1.807) is 6.20 Å². The predicted molar refractivity (Wildman–Crippen MR) is 77.3 cm³/mol. The van der Waals surface area contributed by atoms with E-state index in [2.05, 4.69) is 15.0 Å². The fraction of sp³-hybridized carbons (Fsp3) is 0.133.